The Hall–Kier alpha value is -1.06. The quantitative estimate of drug-likeness (QED) is 0.760. The number of ether oxygens (including phenoxy) is 1. The van der Waals surface area contributed by atoms with Gasteiger partial charge in [0.15, 0.2) is 0 Å². The van der Waals surface area contributed by atoms with Crippen LogP contribution in [0.5, 0.6) is 0 Å². The molecule has 1 N–H and O–H groups in total. The van der Waals surface area contributed by atoms with E-state index < -0.39 is 0 Å². The van der Waals surface area contributed by atoms with E-state index in [1.54, 1.807) is 0 Å². The fourth-order valence-electron chi connectivity index (χ4n) is 1.45. The Morgan fingerprint density at radius 2 is 2.06 bits per heavy atom. The van der Waals surface area contributed by atoms with E-state index in [0.29, 0.717) is 32.1 Å². The summed E-state index contributed by atoms with van der Waals surface area (Å²) >= 11 is 5.50. The van der Waals surface area contributed by atoms with Crippen LogP contribution in [0.15, 0.2) is 24.3 Å². The van der Waals surface area contributed by atoms with Gasteiger partial charge in [0.25, 0.3) is 0 Å². The van der Waals surface area contributed by atoms with Crippen molar-refractivity contribution in [2.24, 2.45) is 0 Å². The van der Waals surface area contributed by atoms with Crippen LogP contribution in [0.25, 0.3) is 0 Å². The summed E-state index contributed by atoms with van der Waals surface area (Å²) in [5, 5.41) is 2.84. The van der Waals surface area contributed by atoms with Crippen LogP contribution in [0, 0.1) is 0 Å². The molecule has 0 saturated heterocycles. The van der Waals surface area contributed by atoms with Crippen molar-refractivity contribution in [3.63, 3.8) is 0 Å². The summed E-state index contributed by atoms with van der Waals surface area (Å²) in [6.45, 7) is 3.76. The molecule has 0 heterocycles. The van der Waals surface area contributed by atoms with E-state index in [1.807, 2.05) is 31.2 Å². The molecule has 0 bridgehead atoms. The zero-order chi connectivity index (χ0) is 12.5. The van der Waals surface area contributed by atoms with Gasteiger partial charge in [0, 0.05) is 25.5 Å². The van der Waals surface area contributed by atoms with E-state index in [4.69, 9.17) is 16.3 Å². The third-order valence-corrected chi connectivity index (χ3v) is 2.57. The van der Waals surface area contributed by atoms with Crippen LogP contribution < -0.4 is 5.32 Å². The van der Waals surface area contributed by atoms with Gasteiger partial charge in [0.1, 0.15) is 0 Å². The van der Waals surface area contributed by atoms with Gasteiger partial charge < -0.3 is 10.1 Å². The molecule has 1 aromatic rings. The molecule has 0 fully saturated rings. The van der Waals surface area contributed by atoms with E-state index in [-0.39, 0.29) is 5.91 Å². The topological polar surface area (TPSA) is 38.3 Å². The van der Waals surface area contributed by atoms with E-state index in [1.165, 1.54) is 0 Å². The van der Waals surface area contributed by atoms with Crippen molar-refractivity contribution in [2.45, 2.75) is 26.5 Å². The Morgan fingerprint density at radius 1 is 1.35 bits per heavy atom. The van der Waals surface area contributed by atoms with Crippen molar-refractivity contribution < 1.29 is 9.53 Å². The molecule has 0 aliphatic carbocycles. The number of carbonyl (C=O) groups is 1. The first-order valence-electron chi connectivity index (χ1n) is 5.75. The SMILES string of the molecule is CCOCc1ccccc1CNC(=O)CCCl. The second-order valence-corrected chi connectivity index (χ2v) is 4.00. The number of alkyl halides is 1. The van der Waals surface area contributed by atoms with Crippen molar-refractivity contribution in [1.29, 1.82) is 0 Å². The van der Waals surface area contributed by atoms with Gasteiger partial charge in [-0.2, -0.15) is 0 Å². The Bertz CT molecular complexity index is 355. The molecule has 94 valence electrons. The molecular weight excluding hydrogens is 238 g/mol. The molecule has 0 saturated carbocycles. The van der Waals surface area contributed by atoms with E-state index in [9.17, 15) is 4.79 Å². The van der Waals surface area contributed by atoms with Gasteiger partial charge in [-0.3, -0.25) is 4.79 Å². The van der Waals surface area contributed by atoms with Crippen LogP contribution in [-0.4, -0.2) is 18.4 Å². The molecule has 4 heteroatoms. The maximum absolute atomic E-state index is 11.3. The molecular formula is C13H18ClNO2. The Kier molecular flexibility index (Phi) is 6.67. The molecule has 0 aliphatic rings. The van der Waals surface area contributed by atoms with Gasteiger partial charge in [0.05, 0.1) is 6.61 Å². The van der Waals surface area contributed by atoms with Gasteiger partial charge in [-0.25, -0.2) is 0 Å². The molecule has 0 aliphatic heterocycles. The minimum atomic E-state index is -0.0220. The predicted octanol–water partition coefficient (Wildman–Crippen LogP) is 2.47. The molecule has 1 rings (SSSR count). The maximum atomic E-state index is 11.3. The van der Waals surface area contributed by atoms with Crippen LogP contribution in [-0.2, 0) is 22.7 Å². The van der Waals surface area contributed by atoms with Crippen molar-refractivity contribution >= 4 is 17.5 Å². The van der Waals surface area contributed by atoms with Gasteiger partial charge in [-0.1, -0.05) is 24.3 Å². The first kappa shape index (κ1) is 14.0. The maximum Gasteiger partial charge on any atom is 0.221 e. The number of carbonyl (C=O) groups excluding carboxylic acids is 1. The predicted molar refractivity (Wildman–Crippen MR) is 69.0 cm³/mol. The van der Waals surface area contributed by atoms with Crippen LogP contribution >= 0.6 is 11.6 Å². The molecule has 3 nitrogen and oxygen atoms in total. The van der Waals surface area contributed by atoms with Crippen molar-refractivity contribution in [3.8, 4) is 0 Å². The van der Waals surface area contributed by atoms with E-state index >= 15 is 0 Å². The largest absolute Gasteiger partial charge is 0.377 e. The lowest BCUT2D eigenvalue weighted by molar-refractivity contribution is -0.120. The average molecular weight is 256 g/mol. The van der Waals surface area contributed by atoms with Crippen LogP contribution in [0.2, 0.25) is 0 Å². The number of hydrogen-bond acceptors (Lipinski definition) is 2. The number of halogens is 1. The number of rotatable bonds is 7. The highest BCUT2D eigenvalue weighted by atomic mass is 35.5. The highest BCUT2D eigenvalue weighted by molar-refractivity contribution is 6.18. The van der Waals surface area contributed by atoms with Crippen molar-refractivity contribution in [3.05, 3.63) is 35.4 Å². The lowest BCUT2D eigenvalue weighted by atomic mass is 10.1. The van der Waals surface area contributed by atoms with Crippen molar-refractivity contribution in [2.75, 3.05) is 12.5 Å². The summed E-state index contributed by atoms with van der Waals surface area (Å²) in [6.07, 6.45) is 0.356. The second-order valence-electron chi connectivity index (χ2n) is 3.62. The summed E-state index contributed by atoms with van der Waals surface area (Å²) in [4.78, 5) is 11.3. The minimum Gasteiger partial charge on any atom is -0.377 e. The van der Waals surface area contributed by atoms with Gasteiger partial charge >= 0.3 is 0 Å². The highest BCUT2D eigenvalue weighted by Gasteiger charge is 2.04. The van der Waals surface area contributed by atoms with Gasteiger partial charge in [-0.15, -0.1) is 11.6 Å². The number of hydrogen-bond donors (Lipinski definition) is 1. The highest BCUT2D eigenvalue weighted by Crippen LogP contribution is 2.10. The molecule has 0 unspecified atom stereocenters. The smallest absolute Gasteiger partial charge is 0.221 e. The summed E-state index contributed by atoms with van der Waals surface area (Å²) in [5.74, 6) is 0.332. The summed E-state index contributed by atoms with van der Waals surface area (Å²) in [5.41, 5.74) is 2.20. The molecule has 1 amide bonds. The van der Waals surface area contributed by atoms with Crippen LogP contribution in [0.4, 0.5) is 0 Å². The van der Waals surface area contributed by atoms with E-state index in [0.717, 1.165) is 11.1 Å². The minimum absolute atomic E-state index is 0.0220. The fraction of sp³-hybridized carbons (Fsp3) is 0.462. The Balaban J connectivity index is 2.54. The molecule has 17 heavy (non-hydrogen) atoms. The first-order chi connectivity index (χ1) is 8.27. The molecule has 0 aromatic heterocycles. The monoisotopic (exact) mass is 255 g/mol. The van der Waals surface area contributed by atoms with E-state index in [2.05, 4.69) is 5.32 Å². The number of nitrogens with one attached hydrogen (secondary N) is 1. The molecule has 1 aromatic carbocycles. The molecule has 0 atom stereocenters. The first-order valence-corrected chi connectivity index (χ1v) is 6.28. The van der Waals surface area contributed by atoms with Gasteiger partial charge in [0.2, 0.25) is 5.91 Å². The average Bonchev–Trinajstić information content (AvgIpc) is 2.35. The van der Waals surface area contributed by atoms with Crippen LogP contribution in [0.3, 0.4) is 0 Å². The standard InChI is InChI=1S/C13H18ClNO2/c1-2-17-10-12-6-4-3-5-11(12)9-15-13(16)7-8-14/h3-6H,2,7-10H2,1H3,(H,15,16). The van der Waals surface area contributed by atoms with Crippen LogP contribution in [0.1, 0.15) is 24.5 Å². The van der Waals surface area contributed by atoms with Crippen molar-refractivity contribution in [1.82, 2.24) is 5.32 Å². The normalized spacial score (nSPS) is 10.2. The fourth-order valence-corrected chi connectivity index (χ4v) is 1.62. The third kappa shape index (κ3) is 5.20. The molecule has 0 spiro atoms. The molecule has 0 radical (unpaired) electrons. The zero-order valence-corrected chi connectivity index (χ0v) is 10.8. The summed E-state index contributed by atoms with van der Waals surface area (Å²) in [7, 11) is 0. The van der Waals surface area contributed by atoms with Gasteiger partial charge in [-0.05, 0) is 18.1 Å². The lowest BCUT2D eigenvalue weighted by Crippen LogP contribution is -2.23. The summed E-state index contributed by atoms with van der Waals surface area (Å²) in [6, 6.07) is 7.94. The zero-order valence-electron chi connectivity index (χ0n) is 10.0. The second kappa shape index (κ2) is 8.09. The third-order valence-electron chi connectivity index (χ3n) is 2.38. The number of benzene rings is 1. The Morgan fingerprint density at radius 3 is 2.71 bits per heavy atom. The summed E-state index contributed by atoms with van der Waals surface area (Å²) < 4.78 is 5.38. The lowest BCUT2D eigenvalue weighted by Gasteiger charge is -2.10. The number of amides is 1. The Labute approximate surface area is 107 Å².